The third-order valence-electron chi connectivity index (χ3n) is 1.61. The van der Waals surface area contributed by atoms with Gasteiger partial charge in [-0.1, -0.05) is 13.8 Å². The van der Waals surface area contributed by atoms with Crippen molar-refractivity contribution < 1.29 is 23.8 Å². The minimum absolute atomic E-state index is 0.245. The van der Waals surface area contributed by atoms with Crippen LogP contribution in [0.2, 0.25) is 0 Å². The van der Waals surface area contributed by atoms with Gasteiger partial charge in [-0.3, -0.25) is 9.59 Å². The lowest BCUT2D eigenvalue weighted by Crippen LogP contribution is -2.00. The molecule has 0 amide bonds. The zero-order valence-corrected chi connectivity index (χ0v) is 12.4. The van der Waals surface area contributed by atoms with Crippen LogP contribution in [-0.4, -0.2) is 26.2 Å². The Morgan fingerprint density at radius 3 is 1.47 bits per heavy atom. The molecule has 1 rings (SSSR count). The molecule has 1 aromatic rings. The van der Waals surface area contributed by atoms with Crippen LogP contribution in [0.3, 0.4) is 0 Å². The van der Waals surface area contributed by atoms with Gasteiger partial charge < -0.3 is 14.2 Å². The van der Waals surface area contributed by atoms with Gasteiger partial charge in [0.05, 0.1) is 14.2 Å². The van der Waals surface area contributed by atoms with Crippen LogP contribution >= 0.6 is 0 Å². The zero-order valence-electron chi connectivity index (χ0n) is 12.4. The van der Waals surface area contributed by atoms with Crippen LogP contribution in [0, 0.1) is 0 Å². The summed E-state index contributed by atoms with van der Waals surface area (Å²) in [5, 5.41) is 0. The van der Waals surface area contributed by atoms with Crippen LogP contribution in [0.1, 0.15) is 27.7 Å². The van der Waals surface area contributed by atoms with Crippen molar-refractivity contribution in [3.8, 4) is 11.5 Å². The number of methoxy groups -OCH3 is 2. The second-order valence-electron chi connectivity index (χ2n) is 2.96. The first-order valence-corrected chi connectivity index (χ1v) is 5.86. The van der Waals surface area contributed by atoms with E-state index in [0.29, 0.717) is 5.75 Å². The average molecular weight is 270 g/mol. The Bertz CT molecular complexity index is 357. The van der Waals surface area contributed by atoms with Crippen molar-refractivity contribution in [3.05, 3.63) is 24.3 Å². The summed E-state index contributed by atoms with van der Waals surface area (Å²) in [6.45, 7) is 6.73. The molecular weight excluding hydrogens is 248 g/mol. The number of hydrogen-bond acceptors (Lipinski definition) is 5. The van der Waals surface area contributed by atoms with E-state index in [-0.39, 0.29) is 11.9 Å². The first kappa shape index (κ1) is 19.3. The number of rotatable bonds is 2. The molecule has 0 aromatic heterocycles. The number of ether oxygens (including phenoxy) is 3. The third kappa shape index (κ3) is 12.2. The smallest absolute Gasteiger partial charge is 0.308 e. The molecule has 0 aliphatic heterocycles. The fraction of sp³-hybridized carbons (Fsp3) is 0.429. The Kier molecular flexibility index (Phi) is 12.6. The summed E-state index contributed by atoms with van der Waals surface area (Å²) in [5.41, 5.74) is 0. The number of esters is 2. The fourth-order valence-corrected chi connectivity index (χ4v) is 0.810. The van der Waals surface area contributed by atoms with Crippen molar-refractivity contribution in [3.63, 3.8) is 0 Å². The van der Waals surface area contributed by atoms with E-state index in [0.717, 1.165) is 5.75 Å². The van der Waals surface area contributed by atoms with Gasteiger partial charge in [0.15, 0.2) is 0 Å². The topological polar surface area (TPSA) is 61.8 Å². The van der Waals surface area contributed by atoms with E-state index in [1.54, 1.807) is 31.4 Å². The number of carbonyl (C=O) groups is 2. The van der Waals surface area contributed by atoms with Crippen LogP contribution in [0.5, 0.6) is 11.5 Å². The molecule has 108 valence electrons. The summed E-state index contributed by atoms with van der Waals surface area (Å²) in [5.74, 6) is 0.708. The highest BCUT2D eigenvalue weighted by Gasteiger charge is 1.96. The van der Waals surface area contributed by atoms with Crippen LogP contribution in [0.15, 0.2) is 24.3 Å². The van der Waals surface area contributed by atoms with Crippen molar-refractivity contribution in [1.29, 1.82) is 0 Å². The second-order valence-corrected chi connectivity index (χ2v) is 2.96. The van der Waals surface area contributed by atoms with Gasteiger partial charge in [0, 0.05) is 13.8 Å². The highest BCUT2D eigenvalue weighted by molar-refractivity contribution is 5.69. The van der Waals surface area contributed by atoms with Gasteiger partial charge in [0.1, 0.15) is 11.5 Å². The number of benzene rings is 1. The molecule has 0 atom stereocenters. The highest BCUT2D eigenvalue weighted by atomic mass is 16.5. The molecular formula is C14H22O5. The largest absolute Gasteiger partial charge is 0.497 e. The molecule has 0 bridgehead atoms. The number of carbonyl (C=O) groups excluding carboxylic acids is 2. The maximum Gasteiger partial charge on any atom is 0.308 e. The molecule has 0 fully saturated rings. The summed E-state index contributed by atoms with van der Waals surface area (Å²) >= 11 is 0. The first-order chi connectivity index (χ1) is 8.99. The fourth-order valence-electron chi connectivity index (χ4n) is 0.810. The minimum atomic E-state index is -0.319. The maximum absolute atomic E-state index is 10.5. The summed E-state index contributed by atoms with van der Waals surface area (Å²) in [7, 11) is 2.93. The van der Waals surface area contributed by atoms with Gasteiger partial charge in [-0.25, -0.2) is 0 Å². The van der Waals surface area contributed by atoms with E-state index >= 15 is 0 Å². The van der Waals surface area contributed by atoms with E-state index in [1.165, 1.54) is 21.0 Å². The molecule has 0 saturated heterocycles. The Hall–Kier alpha value is -2.04. The molecule has 0 spiro atoms. The van der Waals surface area contributed by atoms with Gasteiger partial charge >= 0.3 is 11.9 Å². The maximum atomic E-state index is 10.5. The van der Waals surface area contributed by atoms with E-state index < -0.39 is 0 Å². The molecule has 0 saturated carbocycles. The zero-order chi connectivity index (χ0) is 15.3. The SMILES string of the molecule is CC.COC(C)=O.COc1ccc(OC(C)=O)cc1. The molecule has 0 heterocycles. The monoisotopic (exact) mass is 270 g/mol. The predicted molar refractivity (Wildman–Crippen MR) is 73.3 cm³/mol. The predicted octanol–water partition coefficient (Wildman–Crippen LogP) is 2.83. The third-order valence-corrected chi connectivity index (χ3v) is 1.61. The second kappa shape index (κ2) is 12.4. The standard InChI is InChI=1S/C9H10O3.C3H6O2.C2H6/c1-7(10)12-9-5-3-8(11-2)4-6-9;1-3(4)5-2;1-2/h3-6H,1-2H3;1-2H3;1-2H3. The lowest BCUT2D eigenvalue weighted by Gasteiger charge is -2.01. The molecule has 5 nitrogen and oxygen atoms in total. The quantitative estimate of drug-likeness (QED) is 0.611. The Balaban J connectivity index is 0. The van der Waals surface area contributed by atoms with Gasteiger partial charge in [-0.2, -0.15) is 0 Å². The van der Waals surface area contributed by atoms with Crippen molar-refractivity contribution in [2.45, 2.75) is 27.7 Å². The first-order valence-electron chi connectivity index (χ1n) is 5.86. The van der Waals surface area contributed by atoms with Crippen LogP contribution in [-0.2, 0) is 14.3 Å². The van der Waals surface area contributed by atoms with E-state index in [1.807, 2.05) is 13.8 Å². The molecule has 0 aliphatic carbocycles. The van der Waals surface area contributed by atoms with Gasteiger partial charge in [-0.05, 0) is 24.3 Å². The Labute approximate surface area is 114 Å². The highest BCUT2D eigenvalue weighted by Crippen LogP contribution is 2.16. The summed E-state index contributed by atoms with van der Waals surface area (Å²) in [4.78, 5) is 20.1. The molecule has 0 unspecified atom stereocenters. The molecule has 0 radical (unpaired) electrons. The van der Waals surface area contributed by atoms with Crippen LogP contribution in [0.4, 0.5) is 0 Å². The summed E-state index contributed by atoms with van der Waals surface area (Å²) in [6, 6.07) is 6.83. The molecule has 0 aliphatic rings. The van der Waals surface area contributed by atoms with Gasteiger partial charge in [0.25, 0.3) is 0 Å². The number of hydrogen-bond donors (Lipinski definition) is 0. The van der Waals surface area contributed by atoms with E-state index in [9.17, 15) is 9.59 Å². The van der Waals surface area contributed by atoms with Gasteiger partial charge in [0.2, 0.25) is 0 Å². The van der Waals surface area contributed by atoms with E-state index in [2.05, 4.69) is 4.74 Å². The lowest BCUT2D eigenvalue weighted by atomic mass is 10.3. The van der Waals surface area contributed by atoms with Crippen molar-refractivity contribution >= 4 is 11.9 Å². The summed E-state index contributed by atoms with van der Waals surface area (Å²) in [6.07, 6.45) is 0. The normalized spacial score (nSPS) is 7.89. The van der Waals surface area contributed by atoms with Crippen molar-refractivity contribution in [2.24, 2.45) is 0 Å². The molecule has 1 aromatic carbocycles. The Morgan fingerprint density at radius 2 is 1.21 bits per heavy atom. The van der Waals surface area contributed by atoms with Crippen molar-refractivity contribution in [1.82, 2.24) is 0 Å². The lowest BCUT2D eigenvalue weighted by molar-refractivity contribution is -0.138. The molecule has 0 N–H and O–H groups in total. The van der Waals surface area contributed by atoms with Gasteiger partial charge in [-0.15, -0.1) is 0 Å². The summed E-state index contributed by atoms with van der Waals surface area (Å²) < 4.78 is 13.9. The van der Waals surface area contributed by atoms with Crippen LogP contribution in [0.25, 0.3) is 0 Å². The average Bonchev–Trinajstić information content (AvgIpc) is 2.42. The van der Waals surface area contributed by atoms with E-state index in [4.69, 9.17) is 9.47 Å². The van der Waals surface area contributed by atoms with Crippen molar-refractivity contribution in [2.75, 3.05) is 14.2 Å². The van der Waals surface area contributed by atoms with Crippen LogP contribution < -0.4 is 9.47 Å². The molecule has 19 heavy (non-hydrogen) atoms. The molecule has 5 heteroatoms. The minimum Gasteiger partial charge on any atom is -0.497 e. The Morgan fingerprint density at radius 1 is 0.842 bits per heavy atom.